The zero-order chi connectivity index (χ0) is 13.3. The zero-order valence-corrected chi connectivity index (χ0v) is 12.1. The number of anilines is 1. The normalized spacial score (nSPS) is 28.3. The monoisotopic (exact) mass is 269 g/mol. The first-order valence-corrected chi connectivity index (χ1v) is 6.73. The first kappa shape index (κ1) is 13.4. The number of rotatable bonds is 2. The minimum Gasteiger partial charge on any atom is -0.490 e. The van der Waals surface area contributed by atoms with Crippen molar-refractivity contribution < 1.29 is 4.74 Å². The summed E-state index contributed by atoms with van der Waals surface area (Å²) in [6.07, 6.45) is 2.75. The van der Waals surface area contributed by atoms with Crippen molar-refractivity contribution in [2.75, 3.05) is 18.6 Å². The lowest BCUT2D eigenvalue weighted by atomic mass is 9.86. The Morgan fingerprint density at radius 1 is 1.33 bits per heavy atom. The van der Waals surface area contributed by atoms with Crippen LogP contribution in [0.3, 0.4) is 0 Å². The average molecular weight is 270 g/mol. The summed E-state index contributed by atoms with van der Waals surface area (Å²) in [6.45, 7) is 7.76. The first-order chi connectivity index (χ1) is 8.54. The molecular weight excluding hydrogens is 250 g/mol. The second kappa shape index (κ2) is 5.31. The molecule has 0 saturated carbocycles. The quantitative estimate of drug-likeness (QED) is 0.774. The molecule has 0 aromatic carbocycles. The van der Waals surface area contributed by atoms with E-state index in [2.05, 4.69) is 35.6 Å². The average Bonchev–Trinajstić information content (AvgIpc) is 2.33. The van der Waals surface area contributed by atoms with Crippen molar-refractivity contribution in [1.29, 1.82) is 0 Å². The molecule has 1 aromatic rings. The summed E-state index contributed by atoms with van der Waals surface area (Å²) in [5.74, 6) is 2.66. The van der Waals surface area contributed by atoms with Crippen molar-refractivity contribution in [3.8, 4) is 5.75 Å². The number of nitrogens with zero attached hydrogens (tertiary/aromatic N) is 3. The van der Waals surface area contributed by atoms with Gasteiger partial charge in [0, 0.05) is 12.6 Å². The Morgan fingerprint density at radius 3 is 2.72 bits per heavy atom. The first-order valence-electron chi connectivity index (χ1n) is 6.35. The molecule has 1 aromatic heterocycles. The molecule has 0 N–H and O–H groups in total. The van der Waals surface area contributed by atoms with Gasteiger partial charge in [0.15, 0.2) is 16.7 Å². The molecule has 100 valence electrons. The maximum absolute atomic E-state index is 6.07. The predicted molar refractivity (Wildman–Crippen MR) is 73.3 cm³/mol. The van der Waals surface area contributed by atoms with Gasteiger partial charge in [0.2, 0.25) is 0 Å². The van der Waals surface area contributed by atoms with Crippen molar-refractivity contribution in [2.24, 2.45) is 11.8 Å². The van der Waals surface area contributed by atoms with Crippen LogP contribution in [0.2, 0.25) is 5.15 Å². The van der Waals surface area contributed by atoms with Gasteiger partial charge in [-0.3, -0.25) is 0 Å². The molecule has 2 rings (SSSR count). The molecule has 3 atom stereocenters. The van der Waals surface area contributed by atoms with E-state index in [1.54, 1.807) is 7.11 Å². The number of hydrogen-bond acceptors (Lipinski definition) is 4. The van der Waals surface area contributed by atoms with Gasteiger partial charge >= 0.3 is 0 Å². The van der Waals surface area contributed by atoms with E-state index in [0.29, 0.717) is 28.8 Å². The molecule has 1 fully saturated rings. The highest BCUT2D eigenvalue weighted by molar-refractivity contribution is 6.31. The molecule has 1 saturated heterocycles. The zero-order valence-electron chi connectivity index (χ0n) is 11.4. The van der Waals surface area contributed by atoms with Gasteiger partial charge in [0.1, 0.15) is 6.33 Å². The molecule has 0 aliphatic carbocycles. The van der Waals surface area contributed by atoms with Gasteiger partial charge in [-0.15, -0.1) is 0 Å². The minimum atomic E-state index is 0.376. The highest BCUT2D eigenvalue weighted by Gasteiger charge is 2.31. The van der Waals surface area contributed by atoms with Gasteiger partial charge < -0.3 is 9.64 Å². The standard InChI is InChI=1S/C13H20ClN3O/c1-8-5-9(2)10(3)17(6-8)13-11(18-4)12(14)15-7-16-13/h7-10H,5-6H2,1-4H3. The molecule has 5 heteroatoms. The van der Waals surface area contributed by atoms with Gasteiger partial charge in [-0.25, -0.2) is 9.97 Å². The van der Waals surface area contributed by atoms with E-state index >= 15 is 0 Å². The fourth-order valence-electron chi connectivity index (χ4n) is 2.72. The van der Waals surface area contributed by atoms with Crippen LogP contribution in [0.4, 0.5) is 5.82 Å². The van der Waals surface area contributed by atoms with E-state index < -0.39 is 0 Å². The molecule has 0 bridgehead atoms. The Balaban J connectivity index is 2.38. The summed E-state index contributed by atoms with van der Waals surface area (Å²) >= 11 is 6.07. The number of piperidine rings is 1. The van der Waals surface area contributed by atoms with E-state index in [0.717, 1.165) is 12.4 Å². The number of aromatic nitrogens is 2. The van der Waals surface area contributed by atoms with Crippen molar-refractivity contribution >= 4 is 17.4 Å². The van der Waals surface area contributed by atoms with Gasteiger partial charge in [-0.1, -0.05) is 25.4 Å². The Labute approximate surface area is 113 Å². The lowest BCUT2D eigenvalue weighted by Gasteiger charge is -2.42. The van der Waals surface area contributed by atoms with Crippen LogP contribution in [0.1, 0.15) is 27.2 Å². The van der Waals surface area contributed by atoms with Crippen LogP contribution in [-0.2, 0) is 0 Å². The lowest BCUT2D eigenvalue weighted by Crippen LogP contribution is -2.46. The molecule has 1 aliphatic rings. The number of methoxy groups -OCH3 is 1. The second-order valence-electron chi connectivity index (χ2n) is 5.23. The molecule has 18 heavy (non-hydrogen) atoms. The van der Waals surface area contributed by atoms with E-state index in [9.17, 15) is 0 Å². The van der Waals surface area contributed by atoms with Crippen LogP contribution in [0.15, 0.2) is 6.33 Å². The summed E-state index contributed by atoms with van der Waals surface area (Å²) in [4.78, 5) is 10.6. The van der Waals surface area contributed by atoms with Gasteiger partial charge in [-0.2, -0.15) is 0 Å². The molecule has 0 spiro atoms. The van der Waals surface area contributed by atoms with Crippen molar-refractivity contribution in [3.05, 3.63) is 11.5 Å². The van der Waals surface area contributed by atoms with E-state index in [4.69, 9.17) is 16.3 Å². The summed E-state index contributed by atoms with van der Waals surface area (Å²) in [6, 6.07) is 0.432. The minimum absolute atomic E-state index is 0.376. The molecule has 0 radical (unpaired) electrons. The highest BCUT2D eigenvalue weighted by Crippen LogP contribution is 2.37. The Morgan fingerprint density at radius 2 is 2.06 bits per heavy atom. The van der Waals surface area contributed by atoms with E-state index in [-0.39, 0.29) is 0 Å². The summed E-state index contributed by atoms with van der Waals surface area (Å²) in [7, 11) is 1.61. The number of ether oxygens (including phenoxy) is 1. The fraction of sp³-hybridized carbons (Fsp3) is 0.692. The molecule has 0 amide bonds. The van der Waals surface area contributed by atoms with Gasteiger partial charge in [0.05, 0.1) is 7.11 Å². The third-order valence-electron chi connectivity index (χ3n) is 3.82. The van der Waals surface area contributed by atoms with Crippen molar-refractivity contribution in [3.63, 3.8) is 0 Å². The third-order valence-corrected chi connectivity index (χ3v) is 4.08. The maximum Gasteiger partial charge on any atom is 0.199 e. The number of hydrogen-bond donors (Lipinski definition) is 0. The smallest absolute Gasteiger partial charge is 0.199 e. The van der Waals surface area contributed by atoms with Crippen LogP contribution in [0, 0.1) is 11.8 Å². The van der Waals surface area contributed by atoms with Crippen LogP contribution in [0.25, 0.3) is 0 Å². The van der Waals surface area contributed by atoms with Gasteiger partial charge in [0.25, 0.3) is 0 Å². The highest BCUT2D eigenvalue weighted by atomic mass is 35.5. The van der Waals surface area contributed by atoms with Crippen LogP contribution < -0.4 is 9.64 Å². The predicted octanol–water partition coefficient (Wildman–Crippen LogP) is 3.01. The van der Waals surface area contributed by atoms with Crippen molar-refractivity contribution in [2.45, 2.75) is 33.2 Å². The Hall–Kier alpha value is -1.03. The lowest BCUT2D eigenvalue weighted by molar-refractivity contribution is 0.292. The summed E-state index contributed by atoms with van der Waals surface area (Å²) in [5, 5.41) is 0.376. The molecular formula is C13H20ClN3O. The molecule has 4 nitrogen and oxygen atoms in total. The Kier molecular flexibility index (Phi) is 3.95. The van der Waals surface area contributed by atoms with Crippen LogP contribution >= 0.6 is 11.6 Å². The van der Waals surface area contributed by atoms with Crippen molar-refractivity contribution in [1.82, 2.24) is 9.97 Å². The van der Waals surface area contributed by atoms with Crippen LogP contribution in [0.5, 0.6) is 5.75 Å². The molecule has 1 aliphatic heterocycles. The van der Waals surface area contributed by atoms with E-state index in [1.165, 1.54) is 12.7 Å². The topological polar surface area (TPSA) is 38.3 Å². The van der Waals surface area contributed by atoms with Crippen LogP contribution in [-0.4, -0.2) is 29.7 Å². The third kappa shape index (κ3) is 2.39. The largest absolute Gasteiger partial charge is 0.490 e. The Bertz CT molecular complexity index is 427. The SMILES string of the molecule is COc1c(Cl)ncnc1N1CC(C)CC(C)C1C. The second-order valence-corrected chi connectivity index (χ2v) is 5.59. The van der Waals surface area contributed by atoms with E-state index in [1.807, 2.05) is 0 Å². The summed E-state index contributed by atoms with van der Waals surface area (Å²) in [5.41, 5.74) is 0. The summed E-state index contributed by atoms with van der Waals surface area (Å²) < 4.78 is 5.35. The number of halogens is 1. The maximum atomic E-state index is 6.07. The fourth-order valence-corrected chi connectivity index (χ4v) is 2.92. The molecule has 2 heterocycles. The molecule has 3 unspecified atom stereocenters. The van der Waals surface area contributed by atoms with Gasteiger partial charge in [-0.05, 0) is 25.2 Å².